The summed E-state index contributed by atoms with van der Waals surface area (Å²) in [6.45, 7) is 0. The Morgan fingerprint density at radius 2 is 1.89 bits per heavy atom. The Kier molecular flexibility index (Phi) is 4.34. The van der Waals surface area contributed by atoms with Crippen molar-refractivity contribution in [2.45, 2.75) is 0 Å². The van der Waals surface area contributed by atoms with E-state index in [0.29, 0.717) is 0 Å². The second-order valence-corrected chi connectivity index (χ2v) is 1.44. The van der Waals surface area contributed by atoms with E-state index in [2.05, 4.69) is 6.07 Å². The van der Waals surface area contributed by atoms with Gasteiger partial charge in [-0.05, 0) is 18.2 Å². The molecule has 2 heteroatoms. The molecule has 1 rings (SSSR count). The Balaban J connectivity index is 0.000000640. The molecule has 0 spiro atoms. The van der Waals surface area contributed by atoms with E-state index in [4.69, 9.17) is 4.74 Å². The smallest absolute Gasteiger partial charge is 0.118 e. The first kappa shape index (κ1) is 8.64. The van der Waals surface area contributed by atoms with Crippen LogP contribution in [0.25, 0.3) is 0 Å². The third-order valence-electron chi connectivity index (χ3n) is 0.923. The van der Waals surface area contributed by atoms with Gasteiger partial charge in [0.15, 0.2) is 0 Å². The van der Waals surface area contributed by atoms with Gasteiger partial charge in [-0.3, -0.25) is 0 Å². The van der Waals surface area contributed by atoms with Crippen LogP contribution in [0, 0.1) is 6.07 Å². The third kappa shape index (κ3) is 2.62. The number of hydrogen-bond donors (Lipinski definition) is 0. The van der Waals surface area contributed by atoms with Crippen molar-refractivity contribution in [1.29, 1.82) is 0 Å². The molecule has 0 fully saturated rings. The van der Waals surface area contributed by atoms with E-state index >= 15 is 0 Å². The Morgan fingerprint density at radius 3 is 2.22 bits per heavy atom. The van der Waals surface area contributed by atoms with Gasteiger partial charge in [0, 0.05) is 19.5 Å². The predicted molar refractivity (Wildman–Crippen MR) is 31.8 cm³/mol. The largest absolute Gasteiger partial charge is 0.497 e. The van der Waals surface area contributed by atoms with E-state index in [1.54, 1.807) is 7.11 Å². The zero-order valence-corrected chi connectivity index (χ0v) is 8.39. The van der Waals surface area contributed by atoms with E-state index in [0.717, 1.165) is 5.75 Å². The third-order valence-corrected chi connectivity index (χ3v) is 0.923. The van der Waals surface area contributed by atoms with Crippen LogP contribution in [0.15, 0.2) is 24.3 Å². The summed E-state index contributed by atoms with van der Waals surface area (Å²) < 4.78 is 4.89. The minimum Gasteiger partial charge on any atom is -0.497 e. The molecule has 0 aliphatic rings. The van der Waals surface area contributed by atoms with Crippen LogP contribution in [-0.2, 0) is 19.5 Å². The van der Waals surface area contributed by atoms with Crippen LogP contribution < -0.4 is 4.74 Å². The van der Waals surface area contributed by atoms with Crippen molar-refractivity contribution in [2.75, 3.05) is 7.11 Å². The van der Waals surface area contributed by atoms with Crippen LogP contribution in [0.4, 0.5) is 0 Å². The minimum absolute atomic E-state index is 0. The van der Waals surface area contributed by atoms with Crippen molar-refractivity contribution < 1.29 is 24.2 Å². The van der Waals surface area contributed by atoms with Crippen LogP contribution in [0.5, 0.6) is 5.75 Å². The molecule has 9 heavy (non-hydrogen) atoms. The molecule has 1 nitrogen and oxygen atoms in total. The summed E-state index contributed by atoms with van der Waals surface area (Å²) in [5.74, 6) is 0.878. The summed E-state index contributed by atoms with van der Waals surface area (Å²) in [6, 6.07) is 10.2. The first-order chi connectivity index (χ1) is 3.93. The molecule has 1 aromatic carbocycles. The summed E-state index contributed by atoms with van der Waals surface area (Å²) in [6.07, 6.45) is 0. The normalized spacial score (nSPS) is 7.67. The van der Waals surface area contributed by atoms with E-state index in [1.165, 1.54) is 0 Å². The van der Waals surface area contributed by atoms with Crippen LogP contribution in [0.2, 0.25) is 0 Å². The minimum atomic E-state index is 0. The number of methoxy groups -OCH3 is 1. The summed E-state index contributed by atoms with van der Waals surface area (Å²) in [5, 5.41) is 0. The second-order valence-electron chi connectivity index (χ2n) is 1.44. The van der Waals surface area contributed by atoms with Crippen molar-refractivity contribution in [3.05, 3.63) is 30.3 Å². The van der Waals surface area contributed by atoms with Gasteiger partial charge in [0.25, 0.3) is 0 Å². The Bertz CT molecular complexity index is 150. The van der Waals surface area contributed by atoms with Gasteiger partial charge >= 0.3 is 0 Å². The molecule has 0 aliphatic heterocycles. The predicted octanol–water partition coefficient (Wildman–Crippen LogP) is 1.49. The van der Waals surface area contributed by atoms with Crippen LogP contribution in [0.3, 0.4) is 0 Å². The average Bonchev–Trinajstić information content (AvgIpc) is 1.90. The van der Waals surface area contributed by atoms with Crippen LogP contribution in [-0.4, -0.2) is 7.11 Å². The van der Waals surface area contributed by atoms with Gasteiger partial charge in [0.1, 0.15) is 5.75 Å². The fourth-order valence-corrected chi connectivity index (χ4v) is 0.508. The topological polar surface area (TPSA) is 9.23 Å². The maximum Gasteiger partial charge on any atom is 0.118 e. The quantitative estimate of drug-likeness (QED) is 0.584. The van der Waals surface area contributed by atoms with E-state index in [1.807, 2.05) is 24.3 Å². The molecule has 0 amide bonds. The molecule has 0 saturated heterocycles. The molecule has 1 aromatic rings. The molecule has 0 heterocycles. The monoisotopic (exact) mass is 171 g/mol. The molecule has 43 valence electrons. The van der Waals surface area contributed by atoms with E-state index < -0.39 is 0 Å². The van der Waals surface area contributed by atoms with Gasteiger partial charge in [0.2, 0.25) is 0 Å². The van der Waals surface area contributed by atoms with Gasteiger partial charge in [-0.25, -0.2) is 0 Å². The molecule has 1 radical (unpaired) electrons. The van der Waals surface area contributed by atoms with Crippen LogP contribution in [0.1, 0.15) is 0 Å². The maximum atomic E-state index is 4.89. The zero-order chi connectivity index (χ0) is 5.82. The number of rotatable bonds is 1. The Morgan fingerprint density at radius 1 is 1.33 bits per heavy atom. The molecular formula is C7H7OZn. The average molecular weight is 173 g/mol. The van der Waals surface area contributed by atoms with Gasteiger partial charge in [-0.1, -0.05) is 12.1 Å². The summed E-state index contributed by atoms with van der Waals surface area (Å²) in [5.41, 5.74) is 0. The van der Waals surface area contributed by atoms with Gasteiger partial charge in [0.05, 0.1) is 7.11 Å². The summed E-state index contributed by atoms with van der Waals surface area (Å²) >= 11 is 0. The Hall–Kier alpha value is -0.357. The molecule has 0 N–H and O–H groups in total. The summed E-state index contributed by atoms with van der Waals surface area (Å²) in [4.78, 5) is 0. The van der Waals surface area contributed by atoms with Gasteiger partial charge in [-0.2, -0.15) is 0 Å². The van der Waals surface area contributed by atoms with Gasteiger partial charge in [-0.15, -0.1) is 0 Å². The fourth-order valence-electron chi connectivity index (χ4n) is 0.508. The maximum absolute atomic E-state index is 4.89. The van der Waals surface area contributed by atoms with E-state index in [9.17, 15) is 0 Å². The second kappa shape index (κ2) is 4.52. The molecule has 0 aromatic heterocycles. The molecule has 0 bridgehead atoms. The standard InChI is InChI=1S/C7H7O.Zn/c1-8-7-5-3-2-4-6-7;/h3-6H,1H3;. The molecule has 0 saturated carbocycles. The van der Waals surface area contributed by atoms with E-state index in [-0.39, 0.29) is 19.5 Å². The van der Waals surface area contributed by atoms with Crippen LogP contribution >= 0.6 is 0 Å². The van der Waals surface area contributed by atoms with Crippen molar-refractivity contribution in [1.82, 2.24) is 0 Å². The van der Waals surface area contributed by atoms with Crippen molar-refractivity contribution >= 4 is 0 Å². The van der Waals surface area contributed by atoms with Gasteiger partial charge < -0.3 is 4.74 Å². The number of ether oxygens (including phenoxy) is 1. The molecule has 0 aliphatic carbocycles. The SMILES string of the molecule is COc1cc[c]cc1.[Zn]. The van der Waals surface area contributed by atoms with Crippen molar-refractivity contribution in [3.8, 4) is 5.75 Å². The molecular weight excluding hydrogens is 165 g/mol. The summed E-state index contributed by atoms with van der Waals surface area (Å²) in [7, 11) is 1.65. The van der Waals surface area contributed by atoms with Crippen molar-refractivity contribution in [2.24, 2.45) is 0 Å². The first-order valence-electron chi connectivity index (χ1n) is 2.43. The molecule has 0 atom stereocenters. The van der Waals surface area contributed by atoms with Crippen molar-refractivity contribution in [3.63, 3.8) is 0 Å². The Labute approximate surface area is 67.8 Å². The fraction of sp³-hybridized carbons (Fsp3) is 0.143. The zero-order valence-electron chi connectivity index (χ0n) is 5.42. The number of hydrogen-bond acceptors (Lipinski definition) is 1. The number of benzene rings is 1. The molecule has 0 unspecified atom stereocenters. The first-order valence-corrected chi connectivity index (χ1v) is 2.43.